The number of benzene rings is 1. The zero-order valence-electron chi connectivity index (χ0n) is 7.13. The minimum absolute atomic E-state index is 0.0626. The summed E-state index contributed by atoms with van der Waals surface area (Å²) in [6.07, 6.45) is 0. The molecule has 0 spiro atoms. The van der Waals surface area contributed by atoms with Crippen LogP contribution >= 0.6 is 54.5 Å². The van der Waals surface area contributed by atoms with Crippen molar-refractivity contribution in [2.75, 3.05) is 0 Å². The predicted octanol–water partition coefficient (Wildman–Crippen LogP) is 3.82. The Balaban J connectivity index is 3.60. The maximum absolute atomic E-state index is 7.52. The topological polar surface area (TPSA) is 0 Å². The molecule has 0 nitrogen and oxygen atoms in total. The summed E-state index contributed by atoms with van der Waals surface area (Å²) in [4.78, 5) is 0. The van der Waals surface area contributed by atoms with Crippen molar-refractivity contribution >= 4 is 54.5 Å². The average Bonchev–Trinajstić information content (AvgIpc) is 2.08. The van der Waals surface area contributed by atoms with Gasteiger partial charge in [0.1, 0.15) is 0 Å². The van der Waals surface area contributed by atoms with Crippen molar-refractivity contribution in [1.82, 2.24) is 0 Å². The zero-order chi connectivity index (χ0) is 9.46. The van der Waals surface area contributed by atoms with Crippen LogP contribution < -0.4 is 0 Å². The van der Waals surface area contributed by atoms with E-state index in [1.807, 2.05) is 22.6 Å². The van der Waals surface area contributed by atoms with Crippen LogP contribution in [0.15, 0.2) is 27.1 Å². The van der Waals surface area contributed by atoms with Gasteiger partial charge >= 0.3 is 0 Å². The van der Waals surface area contributed by atoms with Gasteiger partial charge in [0, 0.05) is 12.5 Å². The third-order valence-electron chi connectivity index (χ3n) is 0.694. The van der Waals surface area contributed by atoms with Gasteiger partial charge < -0.3 is 0 Å². The second-order valence-electron chi connectivity index (χ2n) is 1.32. The second-order valence-corrected chi connectivity index (χ2v) is 3.98. The number of hydrogen-bond acceptors (Lipinski definition) is 0. The van der Waals surface area contributed by atoms with Crippen LogP contribution in [-0.4, -0.2) is 0 Å². The maximum Gasteiger partial charge on any atom is 0.0647 e. The van der Waals surface area contributed by atoms with Crippen LogP contribution in [0.25, 0.3) is 0 Å². The van der Waals surface area contributed by atoms with Crippen LogP contribution in [0, 0.1) is 3.57 Å². The van der Waals surface area contributed by atoms with Crippen LogP contribution in [0.4, 0.5) is 0 Å². The molecule has 0 atom stereocenters. The molecule has 48 valence electrons. The Morgan fingerprint density at radius 3 is 2.78 bits per heavy atom. The molecule has 0 fully saturated rings. The van der Waals surface area contributed by atoms with Gasteiger partial charge in [0.05, 0.1) is 4.11 Å². The minimum atomic E-state index is 0.0626. The van der Waals surface area contributed by atoms with Crippen LogP contribution in [0.3, 0.4) is 0 Å². The summed E-state index contributed by atoms with van der Waals surface area (Å²) in [7, 11) is 0. The molecule has 0 aliphatic rings. The lowest BCUT2D eigenvalue weighted by atomic mass is 10.4. The van der Waals surface area contributed by atoms with Crippen LogP contribution in [0.1, 0.15) is 4.11 Å². The fourth-order valence-electron chi connectivity index (χ4n) is 0.347. The van der Waals surface area contributed by atoms with Gasteiger partial charge in [-0.25, -0.2) is 0 Å². The molecular formula is C6H3Br2I. The van der Waals surface area contributed by atoms with Crippen LogP contribution in [0.5, 0.6) is 0 Å². The molecule has 0 aliphatic carbocycles. The monoisotopic (exact) mass is 363 g/mol. The first kappa shape index (κ1) is 4.72. The predicted molar refractivity (Wildman–Crippen MR) is 54.6 cm³/mol. The largest absolute Gasteiger partial charge is 0.0647 e. The molecule has 0 N–H and O–H groups in total. The molecule has 0 saturated carbocycles. The summed E-state index contributed by atoms with van der Waals surface area (Å²) in [5.41, 5.74) is 0. The van der Waals surface area contributed by atoms with Gasteiger partial charge in [-0.15, -0.1) is 0 Å². The standard InChI is InChI=1S/C6H3Br2I/c7-4-1-2-6(9)5(8)3-4/h1-3H/i1D,2D,3D. The first-order valence-corrected chi connectivity index (χ1v) is 4.73. The van der Waals surface area contributed by atoms with E-state index in [2.05, 4.69) is 31.9 Å². The van der Waals surface area contributed by atoms with Crippen molar-refractivity contribution in [2.24, 2.45) is 0 Å². The van der Waals surface area contributed by atoms with E-state index in [0.717, 1.165) is 0 Å². The summed E-state index contributed by atoms with van der Waals surface area (Å²) < 4.78 is 24.0. The minimum Gasteiger partial charge on any atom is -0.0508 e. The van der Waals surface area contributed by atoms with Crippen LogP contribution in [0.2, 0.25) is 0 Å². The summed E-state index contributed by atoms with van der Waals surface area (Å²) in [5, 5.41) is 0. The van der Waals surface area contributed by atoms with Gasteiger partial charge in [0.25, 0.3) is 0 Å². The SMILES string of the molecule is [2H]c1c([2H])c(I)c(Br)c([2H])c1Br. The van der Waals surface area contributed by atoms with Gasteiger partial charge in [-0.3, -0.25) is 0 Å². The highest BCUT2D eigenvalue weighted by Gasteiger charge is 1.93. The second kappa shape index (κ2) is 3.34. The summed E-state index contributed by atoms with van der Waals surface area (Å²) in [6, 6.07) is 0.429. The third kappa shape index (κ3) is 2.20. The molecule has 0 saturated heterocycles. The van der Waals surface area contributed by atoms with Crippen molar-refractivity contribution < 1.29 is 4.11 Å². The van der Waals surface area contributed by atoms with Crippen molar-refractivity contribution in [3.05, 3.63) is 30.6 Å². The van der Waals surface area contributed by atoms with Gasteiger partial charge in [0.2, 0.25) is 0 Å². The lowest BCUT2D eigenvalue weighted by Crippen LogP contribution is -1.71. The number of halogens is 3. The highest BCUT2D eigenvalue weighted by molar-refractivity contribution is 14.1. The lowest BCUT2D eigenvalue weighted by molar-refractivity contribution is 1.55. The van der Waals surface area contributed by atoms with Gasteiger partial charge in [-0.2, -0.15) is 0 Å². The maximum atomic E-state index is 7.52. The molecule has 1 aromatic rings. The van der Waals surface area contributed by atoms with E-state index in [4.69, 9.17) is 4.11 Å². The summed E-state index contributed by atoms with van der Waals surface area (Å²) in [5.74, 6) is 0. The number of hydrogen-bond donors (Lipinski definition) is 0. The van der Waals surface area contributed by atoms with Crippen LogP contribution in [-0.2, 0) is 0 Å². The molecule has 0 bridgehead atoms. The van der Waals surface area contributed by atoms with Crippen molar-refractivity contribution in [1.29, 1.82) is 0 Å². The van der Waals surface area contributed by atoms with E-state index in [9.17, 15) is 0 Å². The zero-order valence-corrected chi connectivity index (χ0v) is 9.46. The highest BCUT2D eigenvalue weighted by Crippen LogP contribution is 2.22. The Morgan fingerprint density at radius 2 is 2.11 bits per heavy atom. The van der Waals surface area contributed by atoms with E-state index >= 15 is 0 Å². The molecular weight excluding hydrogens is 359 g/mol. The van der Waals surface area contributed by atoms with Crippen molar-refractivity contribution in [3.8, 4) is 0 Å². The fourth-order valence-corrected chi connectivity index (χ4v) is 1.48. The summed E-state index contributed by atoms with van der Waals surface area (Å²) >= 11 is 8.21. The van der Waals surface area contributed by atoms with E-state index in [-0.39, 0.29) is 18.1 Å². The molecule has 0 radical (unpaired) electrons. The third-order valence-corrected chi connectivity index (χ3v) is 3.24. The first-order chi connectivity index (χ1) is 5.46. The van der Waals surface area contributed by atoms with Gasteiger partial charge in [-0.1, -0.05) is 15.9 Å². The van der Waals surface area contributed by atoms with Gasteiger partial charge in [0.15, 0.2) is 0 Å². The van der Waals surface area contributed by atoms with E-state index in [1.54, 1.807) is 0 Å². The molecule has 0 unspecified atom stereocenters. The van der Waals surface area contributed by atoms with Gasteiger partial charge in [-0.05, 0) is 56.6 Å². The Labute approximate surface area is 88.6 Å². The fraction of sp³-hybridized carbons (Fsp3) is 0. The lowest BCUT2D eigenvalue weighted by Gasteiger charge is -1.93. The first-order valence-electron chi connectivity index (χ1n) is 3.57. The molecule has 3 heteroatoms. The highest BCUT2D eigenvalue weighted by atomic mass is 127. The molecule has 1 aromatic carbocycles. The smallest absolute Gasteiger partial charge is 0.0508 e. The Kier molecular flexibility index (Phi) is 1.75. The normalized spacial score (nSPS) is 14.3. The number of rotatable bonds is 0. The summed E-state index contributed by atoms with van der Waals surface area (Å²) in [6.45, 7) is 0. The van der Waals surface area contributed by atoms with E-state index in [0.29, 0.717) is 12.5 Å². The molecule has 0 heterocycles. The van der Waals surface area contributed by atoms with Crippen molar-refractivity contribution in [3.63, 3.8) is 0 Å². The average molecular weight is 365 g/mol. The van der Waals surface area contributed by atoms with Crippen molar-refractivity contribution in [2.45, 2.75) is 0 Å². The van der Waals surface area contributed by atoms with E-state index in [1.165, 1.54) is 0 Å². The molecule has 9 heavy (non-hydrogen) atoms. The molecule has 0 aromatic heterocycles. The van der Waals surface area contributed by atoms with E-state index < -0.39 is 0 Å². The quantitative estimate of drug-likeness (QED) is 0.485. The molecule has 0 amide bonds. The molecule has 0 aliphatic heterocycles. The Morgan fingerprint density at radius 1 is 1.44 bits per heavy atom. The Hall–Kier alpha value is 0.910. The Bertz CT molecular complexity index is 235. The molecule has 1 rings (SSSR count).